The summed E-state index contributed by atoms with van der Waals surface area (Å²) in [5.41, 5.74) is 6.11. The van der Waals surface area contributed by atoms with Crippen LogP contribution in [-0.2, 0) is 4.79 Å². The molecule has 0 spiro atoms. The second-order valence-electron chi connectivity index (χ2n) is 2.98. The van der Waals surface area contributed by atoms with Gasteiger partial charge in [0.25, 0.3) is 0 Å². The third kappa shape index (κ3) is 2.10. The molecule has 78 valence electrons. The average molecular weight is 239 g/mol. The molecule has 4 nitrogen and oxygen atoms in total. The number of primary amides is 1. The average Bonchev–Trinajstić information content (AvgIpc) is 2.66. The normalized spacial score (nSPS) is 12.9. The maximum atomic E-state index is 10.9. The highest BCUT2D eigenvalue weighted by molar-refractivity contribution is 8.00. The van der Waals surface area contributed by atoms with E-state index in [9.17, 15) is 4.79 Å². The van der Waals surface area contributed by atoms with Gasteiger partial charge < -0.3 is 5.73 Å². The van der Waals surface area contributed by atoms with Crippen LogP contribution in [0.5, 0.6) is 0 Å². The van der Waals surface area contributed by atoms with Crippen LogP contribution in [0, 0.1) is 0 Å². The summed E-state index contributed by atoms with van der Waals surface area (Å²) in [5.74, 6) is -0.330. The lowest BCUT2D eigenvalue weighted by atomic mass is 10.5. The number of hydrogen-bond acceptors (Lipinski definition) is 5. The number of aromatic nitrogens is 2. The first-order chi connectivity index (χ1) is 7.18. The lowest BCUT2D eigenvalue weighted by Crippen LogP contribution is -2.22. The van der Waals surface area contributed by atoms with Gasteiger partial charge in [0.15, 0.2) is 0 Å². The third-order valence-corrected chi connectivity index (χ3v) is 4.06. The highest BCUT2D eigenvalue weighted by atomic mass is 32.2. The minimum Gasteiger partial charge on any atom is -0.369 e. The van der Waals surface area contributed by atoms with Gasteiger partial charge in [-0.2, -0.15) is 0 Å². The van der Waals surface area contributed by atoms with Crippen LogP contribution in [-0.4, -0.2) is 21.1 Å². The molecule has 15 heavy (non-hydrogen) atoms. The molecule has 6 heteroatoms. The van der Waals surface area contributed by atoms with Crippen LogP contribution in [0.1, 0.15) is 6.92 Å². The second kappa shape index (κ2) is 4.16. The van der Waals surface area contributed by atoms with E-state index in [4.69, 9.17) is 5.73 Å². The molecule has 0 radical (unpaired) electrons. The summed E-state index contributed by atoms with van der Waals surface area (Å²) < 4.78 is 1.01. The van der Waals surface area contributed by atoms with Crippen LogP contribution in [0.3, 0.4) is 0 Å². The SMILES string of the molecule is CC(Sc1ncnc2ccsc12)C(N)=O. The second-order valence-corrected chi connectivity index (χ2v) is 5.22. The maximum absolute atomic E-state index is 10.9. The lowest BCUT2D eigenvalue weighted by Gasteiger charge is -2.05. The maximum Gasteiger partial charge on any atom is 0.230 e. The number of thiophene rings is 1. The minimum absolute atomic E-state index is 0.273. The molecule has 0 bridgehead atoms. The molecular formula is C9H9N3OS2. The van der Waals surface area contributed by atoms with Crippen molar-refractivity contribution in [2.45, 2.75) is 17.2 Å². The molecule has 0 aromatic carbocycles. The van der Waals surface area contributed by atoms with Crippen molar-refractivity contribution < 1.29 is 4.79 Å². The fraction of sp³-hybridized carbons (Fsp3) is 0.222. The van der Waals surface area contributed by atoms with E-state index in [0.29, 0.717) is 0 Å². The van der Waals surface area contributed by atoms with Gasteiger partial charge in [0.2, 0.25) is 5.91 Å². The fourth-order valence-electron chi connectivity index (χ4n) is 1.08. The Morgan fingerprint density at radius 3 is 3.13 bits per heavy atom. The summed E-state index contributed by atoms with van der Waals surface area (Å²) in [5, 5.41) is 2.50. The van der Waals surface area contributed by atoms with E-state index in [1.807, 2.05) is 11.4 Å². The molecule has 2 rings (SSSR count). The van der Waals surface area contributed by atoms with Crippen molar-refractivity contribution >= 4 is 39.2 Å². The molecule has 2 aromatic rings. The number of fused-ring (bicyclic) bond motifs is 1. The van der Waals surface area contributed by atoms with Crippen molar-refractivity contribution in [3.63, 3.8) is 0 Å². The van der Waals surface area contributed by atoms with Crippen molar-refractivity contribution in [3.8, 4) is 0 Å². The van der Waals surface area contributed by atoms with Crippen LogP contribution in [0.2, 0.25) is 0 Å². The van der Waals surface area contributed by atoms with Crippen LogP contribution in [0.15, 0.2) is 22.8 Å². The van der Waals surface area contributed by atoms with E-state index in [1.54, 1.807) is 18.3 Å². The first-order valence-electron chi connectivity index (χ1n) is 4.32. The van der Waals surface area contributed by atoms with Gasteiger partial charge in [-0.05, 0) is 18.4 Å². The molecule has 1 unspecified atom stereocenters. The zero-order valence-corrected chi connectivity index (χ0v) is 9.64. The van der Waals surface area contributed by atoms with E-state index in [0.717, 1.165) is 15.2 Å². The van der Waals surface area contributed by atoms with E-state index < -0.39 is 0 Å². The first-order valence-corrected chi connectivity index (χ1v) is 6.08. The van der Waals surface area contributed by atoms with Gasteiger partial charge in [-0.3, -0.25) is 4.79 Å². The Hall–Kier alpha value is -1.14. The first kappa shape index (κ1) is 10.4. The number of nitrogens with two attached hydrogens (primary N) is 1. The number of amides is 1. The molecule has 0 saturated heterocycles. The van der Waals surface area contributed by atoms with Gasteiger partial charge >= 0.3 is 0 Å². The minimum atomic E-state index is -0.330. The van der Waals surface area contributed by atoms with Gasteiger partial charge in [0.05, 0.1) is 15.5 Å². The van der Waals surface area contributed by atoms with Crippen LogP contribution in [0.25, 0.3) is 10.2 Å². The number of carbonyl (C=O) groups excluding carboxylic acids is 1. The van der Waals surface area contributed by atoms with E-state index >= 15 is 0 Å². The molecule has 0 saturated carbocycles. The standard InChI is InChI=1S/C9H9N3OS2/c1-5(8(10)13)15-9-7-6(2-3-14-7)11-4-12-9/h2-5H,1H3,(H2,10,13). The summed E-state index contributed by atoms with van der Waals surface area (Å²) in [6.45, 7) is 1.77. The topological polar surface area (TPSA) is 68.9 Å². The molecule has 2 aromatic heterocycles. The monoisotopic (exact) mass is 239 g/mol. The summed E-state index contributed by atoms with van der Waals surface area (Å²) in [6, 6.07) is 1.93. The number of nitrogens with zero attached hydrogens (tertiary/aromatic N) is 2. The Kier molecular flexibility index (Phi) is 2.88. The number of hydrogen-bond donors (Lipinski definition) is 1. The van der Waals surface area contributed by atoms with E-state index in [1.165, 1.54) is 18.1 Å². The Morgan fingerprint density at radius 2 is 2.40 bits per heavy atom. The summed E-state index contributed by atoms with van der Waals surface area (Å²) in [7, 11) is 0. The molecule has 2 N–H and O–H groups in total. The smallest absolute Gasteiger partial charge is 0.230 e. The summed E-state index contributed by atoms with van der Waals surface area (Å²) in [4.78, 5) is 19.2. The van der Waals surface area contributed by atoms with Gasteiger partial charge in [-0.15, -0.1) is 11.3 Å². The summed E-state index contributed by atoms with van der Waals surface area (Å²) in [6.07, 6.45) is 1.51. The van der Waals surface area contributed by atoms with Crippen molar-refractivity contribution in [3.05, 3.63) is 17.8 Å². The van der Waals surface area contributed by atoms with Crippen molar-refractivity contribution in [2.75, 3.05) is 0 Å². The predicted octanol–water partition coefficient (Wildman–Crippen LogP) is 1.66. The number of carbonyl (C=O) groups is 1. The molecule has 2 heterocycles. The largest absolute Gasteiger partial charge is 0.369 e. The lowest BCUT2D eigenvalue weighted by molar-refractivity contribution is -0.117. The van der Waals surface area contributed by atoms with Crippen molar-refractivity contribution in [1.82, 2.24) is 9.97 Å². The highest BCUT2D eigenvalue weighted by Gasteiger charge is 2.14. The van der Waals surface area contributed by atoms with Gasteiger partial charge in [0, 0.05) is 0 Å². The Balaban J connectivity index is 2.35. The highest BCUT2D eigenvalue weighted by Crippen LogP contribution is 2.30. The Labute approximate surface area is 94.9 Å². The number of thioether (sulfide) groups is 1. The zero-order valence-electron chi connectivity index (χ0n) is 8.01. The van der Waals surface area contributed by atoms with Gasteiger partial charge in [-0.1, -0.05) is 11.8 Å². The van der Waals surface area contributed by atoms with Crippen molar-refractivity contribution in [1.29, 1.82) is 0 Å². The van der Waals surface area contributed by atoms with Gasteiger partial charge in [-0.25, -0.2) is 9.97 Å². The Bertz CT molecular complexity index is 497. The summed E-state index contributed by atoms with van der Waals surface area (Å²) >= 11 is 2.94. The molecule has 0 aliphatic carbocycles. The van der Waals surface area contributed by atoms with Crippen LogP contribution < -0.4 is 5.73 Å². The molecule has 0 aliphatic rings. The molecular weight excluding hydrogens is 230 g/mol. The fourth-order valence-corrected chi connectivity index (χ4v) is 2.86. The number of rotatable bonds is 3. The molecule has 1 amide bonds. The van der Waals surface area contributed by atoms with Crippen LogP contribution in [0.4, 0.5) is 0 Å². The predicted molar refractivity (Wildman–Crippen MR) is 61.9 cm³/mol. The van der Waals surface area contributed by atoms with Crippen LogP contribution >= 0.6 is 23.1 Å². The third-order valence-electron chi connectivity index (χ3n) is 1.90. The van der Waals surface area contributed by atoms with E-state index in [-0.39, 0.29) is 11.2 Å². The molecule has 0 aliphatic heterocycles. The Morgan fingerprint density at radius 1 is 1.60 bits per heavy atom. The molecule has 0 fully saturated rings. The van der Waals surface area contributed by atoms with Gasteiger partial charge in [0.1, 0.15) is 11.4 Å². The zero-order chi connectivity index (χ0) is 10.8. The quantitative estimate of drug-likeness (QED) is 0.653. The van der Waals surface area contributed by atoms with E-state index in [2.05, 4.69) is 9.97 Å². The molecule has 1 atom stereocenters. The van der Waals surface area contributed by atoms with Crippen molar-refractivity contribution in [2.24, 2.45) is 5.73 Å².